The summed E-state index contributed by atoms with van der Waals surface area (Å²) in [4.78, 5) is 24.8. The molecule has 1 fully saturated rings. The summed E-state index contributed by atoms with van der Waals surface area (Å²) in [7, 11) is 0. The predicted molar refractivity (Wildman–Crippen MR) is 130 cm³/mol. The molecule has 4 nitrogen and oxygen atoms in total. The number of aliphatic imine (C=N–C) groups is 1. The molecule has 1 aromatic heterocycles. The van der Waals surface area contributed by atoms with E-state index in [0.29, 0.717) is 11.8 Å². The van der Waals surface area contributed by atoms with Gasteiger partial charge in [-0.25, -0.2) is 0 Å². The minimum Gasteiger partial charge on any atom is -0.339 e. The van der Waals surface area contributed by atoms with Crippen LogP contribution in [0.15, 0.2) is 47.6 Å². The number of hydrogen-bond donors (Lipinski definition) is 0. The number of nitrogens with zero attached hydrogens (tertiary/aromatic N) is 3. The normalized spacial score (nSPS) is 15.8. The fourth-order valence-corrected chi connectivity index (χ4v) is 4.28. The number of carbonyl (C=O) groups is 1. The van der Waals surface area contributed by atoms with E-state index in [1.165, 1.54) is 11.3 Å². The zero-order chi connectivity index (χ0) is 22.4. The first kappa shape index (κ1) is 22.9. The first-order valence-corrected chi connectivity index (χ1v) is 11.5. The van der Waals surface area contributed by atoms with Crippen LogP contribution in [0, 0.1) is 25.7 Å². The van der Waals surface area contributed by atoms with Gasteiger partial charge < -0.3 is 4.90 Å². The summed E-state index contributed by atoms with van der Waals surface area (Å²) in [6.07, 6.45) is 8.71. The lowest BCUT2D eigenvalue weighted by atomic mass is 9.86. The van der Waals surface area contributed by atoms with Gasteiger partial charge in [-0.3, -0.25) is 14.8 Å². The summed E-state index contributed by atoms with van der Waals surface area (Å²) < 4.78 is 0. The van der Waals surface area contributed by atoms with Crippen molar-refractivity contribution in [3.8, 4) is 0 Å². The number of benzene rings is 1. The van der Waals surface area contributed by atoms with Crippen LogP contribution in [0.1, 0.15) is 67.2 Å². The van der Waals surface area contributed by atoms with E-state index >= 15 is 0 Å². The molecule has 0 atom stereocenters. The Morgan fingerprint density at radius 3 is 2.55 bits per heavy atom. The molecule has 1 aliphatic heterocycles. The lowest BCUT2D eigenvalue weighted by Crippen LogP contribution is -2.41. The Morgan fingerprint density at radius 2 is 1.90 bits per heavy atom. The van der Waals surface area contributed by atoms with E-state index in [0.717, 1.165) is 54.9 Å². The van der Waals surface area contributed by atoms with Crippen LogP contribution in [0.5, 0.6) is 0 Å². The predicted octanol–water partition coefficient (Wildman–Crippen LogP) is 6.40. The second-order valence-corrected chi connectivity index (χ2v) is 8.71. The Labute approximate surface area is 187 Å². The molecule has 0 saturated carbocycles. The maximum absolute atomic E-state index is 13.3. The molecule has 31 heavy (non-hydrogen) atoms. The van der Waals surface area contributed by atoms with Gasteiger partial charge in [-0.05, 0) is 56.7 Å². The molecule has 1 saturated heterocycles. The SMILES string of the molecule is CC/C=C\c1c(C(=O)N2CCC(C(=Nc3ccccc3C)C(C)C)CC2)ccnc1C. The number of allylic oxidation sites excluding steroid dienone is 1. The highest BCUT2D eigenvalue weighted by Gasteiger charge is 2.28. The van der Waals surface area contributed by atoms with Crippen LogP contribution in [0.4, 0.5) is 5.69 Å². The number of carbonyl (C=O) groups excluding carboxylic acids is 1. The number of hydrogen-bond acceptors (Lipinski definition) is 3. The highest BCUT2D eigenvalue weighted by molar-refractivity contribution is 5.98. The molecule has 0 aliphatic carbocycles. The van der Waals surface area contributed by atoms with Crippen molar-refractivity contribution in [3.63, 3.8) is 0 Å². The third-order valence-corrected chi connectivity index (χ3v) is 6.10. The summed E-state index contributed by atoms with van der Waals surface area (Å²) in [6.45, 7) is 12.2. The molecule has 0 N–H and O–H groups in total. The number of aromatic nitrogens is 1. The molecule has 3 rings (SSSR count). The highest BCUT2D eigenvalue weighted by atomic mass is 16.2. The van der Waals surface area contributed by atoms with Gasteiger partial charge in [0.15, 0.2) is 0 Å². The minimum atomic E-state index is 0.113. The zero-order valence-electron chi connectivity index (χ0n) is 19.6. The lowest BCUT2D eigenvalue weighted by molar-refractivity contribution is 0.0708. The highest BCUT2D eigenvalue weighted by Crippen LogP contribution is 2.28. The van der Waals surface area contributed by atoms with E-state index in [4.69, 9.17) is 4.99 Å². The monoisotopic (exact) mass is 417 g/mol. The van der Waals surface area contributed by atoms with Gasteiger partial charge in [0.2, 0.25) is 0 Å². The lowest BCUT2D eigenvalue weighted by Gasteiger charge is -2.34. The molecule has 1 amide bonds. The molecule has 0 radical (unpaired) electrons. The van der Waals surface area contributed by atoms with E-state index in [2.05, 4.69) is 57.0 Å². The minimum absolute atomic E-state index is 0.113. The van der Waals surface area contributed by atoms with Crippen molar-refractivity contribution < 1.29 is 4.79 Å². The van der Waals surface area contributed by atoms with Gasteiger partial charge in [0, 0.05) is 42.2 Å². The summed E-state index contributed by atoms with van der Waals surface area (Å²) in [5.41, 5.74) is 6.12. The molecule has 1 aliphatic rings. The van der Waals surface area contributed by atoms with Crippen LogP contribution in [-0.4, -0.2) is 34.6 Å². The van der Waals surface area contributed by atoms with E-state index in [9.17, 15) is 4.79 Å². The summed E-state index contributed by atoms with van der Waals surface area (Å²) >= 11 is 0. The smallest absolute Gasteiger partial charge is 0.254 e. The maximum atomic E-state index is 13.3. The van der Waals surface area contributed by atoms with Crippen molar-refractivity contribution >= 4 is 23.4 Å². The standard InChI is InChI=1S/C27H35N3O/c1-6-7-11-23-21(5)28-16-13-24(23)27(31)30-17-14-22(15-18-30)26(19(2)3)29-25-12-9-8-10-20(25)4/h7-13,16,19,22H,6,14-15,17-18H2,1-5H3/b11-7-,29-26?. The molecular weight excluding hydrogens is 382 g/mol. The summed E-state index contributed by atoms with van der Waals surface area (Å²) in [6, 6.07) is 10.2. The fourth-order valence-electron chi connectivity index (χ4n) is 4.28. The molecule has 4 heteroatoms. The Kier molecular flexibility index (Phi) is 7.78. The number of aryl methyl sites for hydroxylation is 2. The van der Waals surface area contributed by atoms with Crippen molar-refractivity contribution in [3.05, 3.63) is 65.0 Å². The van der Waals surface area contributed by atoms with Gasteiger partial charge in [-0.2, -0.15) is 0 Å². The average molecular weight is 418 g/mol. The topological polar surface area (TPSA) is 45.6 Å². The average Bonchev–Trinajstić information content (AvgIpc) is 2.77. The molecule has 2 aromatic rings. The zero-order valence-corrected chi connectivity index (χ0v) is 19.6. The van der Waals surface area contributed by atoms with Crippen LogP contribution in [0.3, 0.4) is 0 Å². The number of pyridine rings is 1. The Hall–Kier alpha value is -2.75. The quantitative estimate of drug-likeness (QED) is 0.510. The summed E-state index contributed by atoms with van der Waals surface area (Å²) in [5, 5.41) is 0. The van der Waals surface area contributed by atoms with Gasteiger partial charge in [0.05, 0.1) is 11.3 Å². The van der Waals surface area contributed by atoms with Gasteiger partial charge in [-0.15, -0.1) is 0 Å². The maximum Gasteiger partial charge on any atom is 0.254 e. The summed E-state index contributed by atoms with van der Waals surface area (Å²) in [5.74, 6) is 0.921. The van der Waals surface area contributed by atoms with Crippen molar-refractivity contribution in [2.24, 2.45) is 16.8 Å². The number of piperidine rings is 1. The number of para-hydroxylation sites is 1. The van der Waals surface area contributed by atoms with Crippen LogP contribution in [-0.2, 0) is 0 Å². The van der Waals surface area contributed by atoms with Crippen molar-refractivity contribution in [1.82, 2.24) is 9.88 Å². The van der Waals surface area contributed by atoms with E-state index < -0.39 is 0 Å². The van der Waals surface area contributed by atoms with E-state index in [1.54, 1.807) is 6.20 Å². The van der Waals surface area contributed by atoms with Crippen LogP contribution in [0.25, 0.3) is 6.08 Å². The molecule has 164 valence electrons. The van der Waals surface area contributed by atoms with E-state index in [-0.39, 0.29) is 5.91 Å². The molecule has 1 aromatic carbocycles. The number of likely N-dealkylation sites (tertiary alicyclic amines) is 1. The van der Waals surface area contributed by atoms with Gasteiger partial charge >= 0.3 is 0 Å². The van der Waals surface area contributed by atoms with Crippen LogP contribution >= 0.6 is 0 Å². The second kappa shape index (κ2) is 10.5. The second-order valence-electron chi connectivity index (χ2n) is 8.71. The molecule has 0 unspecified atom stereocenters. The van der Waals surface area contributed by atoms with Gasteiger partial charge in [0.1, 0.15) is 0 Å². The molecule has 0 spiro atoms. The third-order valence-electron chi connectivity index (χ3n) is 6.10. The first-order valence-electron chi connectivity index (χ1n) is 11.5. The molecule has 0 bridgehead atoms. The Balaban J connectivity index is 1.76. The van der Waals surface area contributed by atoms with Crippen LogP contribution < -0.4 is 0 Å². The largest absolute Gasteiger partial charge is 0.339 e. The van der Waals surface area contributed by atoms with Crippen molar-refractivity contribution in [2.45, 2.75) is 53.9 Å². The van der Waals surface area contributed by atoms with Crippen LogP contribution in [0.2, 0.25) is 0 Å². The first-order chi connectivity index (χ1) is 14.9. The molecular formula is C27H35N3O. The van der Waals surface area contributed by atoms with Crippen molar-refractivity contribution in [1.29, 1.82) is 0 Å². The van der Waals surface area contributed by atoms with Gasteiger partial charge in [0.25, 0.3) is 5.91 Å². The van der Waals surface area contributed by atoms with Gasteiger partial charge in [-0.1, -0.05) is 51.1 Å². The van der Waals surface area contributed by atoms with E-state index in [1.807, 2.05) is 30.0 Å². The van der Waals surface area contributed by atoms with Crippen molar-refractivity contribution in [2.75, 3.05) is 13.1 Å². The Morgan fingerprint density at radius 1 is 1.19 bits per heavy atom. The Bertz CT molecular complexity index is 966. The number of amides is 1. The fraction of sp³-hybridized carbons (Fsp3) is 0.444. The third kappa shape index (κ3) is 5.49. The molecule has 2 heterocycles. The number of rotatable bonds is 6.